The fourth-order valence-electron chi connectivity index (χ4n) is 11.4. The molecule has 1 saturated heterocycles. The molecule has 23 heteroatoms. The molecular weight excluding hydrogens is 1040 g/mol. The van der Waals surface area contributed by atoms with E-state index in [1.807, 2.05) is 13.0 Å². The molecule has 2 radical (unpaired) electrons. The van der Waals surface area contributed by atoms with Gasteiger partial charge in [0.05, 0.1) is 68.5 Å². The molecule has 0 spiro atoms. The van der Waals surface area contributed by atoms with Gasteiger partial charge in [0, 0.05) is 48.7 Å². The number of rotatable bonds is 24. The van der Waals surface area contributed by atoms with Gasteiger partial charge in [-0.25, -0.2) is 9.37 Å². The van der Waals surface area contributed by atoms with Crippen LogP contribution in [0.3, 0.4) is 0 Å². The summed E-state index contributed by atoms with van der Waals surface area (Å²) < 4.78 is 28.5. The number of amides is 8. The summed E-state index contributed by atoms with van der Waals surface area (Å²) in [5, 5.41) is 15.8. The van der Waals surface area contributed by atoms with E-state index in [0.717, 1.165) is 22.1 Å². The van der Waals surface area contributed by atoms with Crippen LogP contribution in [0.5, 0.6) is 0 Å². The Labute approximate surface area is 468 Å². The number of halogens is 1. The molecule has 2 aliphatic carbocycles. The second-order valence-electron chi connectivity index (χ2n) is 22.3. The molecule has 2 unspecified atom stereocenters. The minimum absolute atomic E-state index is 0.0452. The Bertz CT molecular complexity index is 3270. The minimum atomic E-state index is -1.16. The number of hydrogen-bond donors (Lipinski definition) is 6. The highest BCUT2D eigenvalue weighted by molar-refractivity contribution is 6.19. The van der Waals surface area contributed by atoms with Gasteiger partial charge in [-0.3, -0.25) is 52.8 Å². The quantitative estimate of drug-likeness (QED) is 0.0171. The van der Waals surface area contributed by atoms with Crippen LogP contribution >= 0.6 is 0 Å². The lowest BCUT2D eigenvalue weighted by Crippen LogP contribution is -2.52. The van der Waals surface area contributed by atoms with E-state index < -0.39 is 102 Å². The predicted molar refractivity (Wildman–Crippen MR) is 292 cm³/mol. The number of fused-ring (bicyclic) bond motifs is 5. The molecule has 5 heterocycles. The molecule has 81 heavy (non-hydrogen) atoms. The molecule has 5 aliphatic rings. The van der Waals surface area contributed by atoms with E-state index in [9.17, 15) is 47.9 Å². The summed E-state index contributed by atoms with van der Waals surface area (Å²) in [5.74, 6) is -6.20. The van der Waals surface area contributed by atoms with Gasteiger partial charge in [-0.05, 0) is 91.7 Å². The van der Waals surface area contributed by atoms with E-state index in [1.54, 1.807) is 55.7 Å². The van der Waals surface area contributed by atoms with Gasteiger partial charge in [0.25, 0.3) is 5.56 Å². The average Bonchev–Trinajstić information content (AvgIpc) is 2.49. The Kier molecular flexibility index (Phi) is 17.5. The Morgan fingerprint density at radius 2 is 1.58 bits per heavy atom. The Morgan fingerprint density at radius 1 is 0.864 bits per heavy atom. The number of likely N-dealkylation sites (tertiary alicyclic amines) is 1. The predicted octanol–water partition coefficient (Wildman–Crippen LogP) is 2.77. The molecule has 5 atom stereocenters. The SMILES string of the molecule is [B]C(C)(C)C1CC(=O)N(CCCCCC(=O)NCC(=O)NCC(=O)N[C@@H](Cc2ccccc2)C(=O)NCC(=O)NCOC(C(=O)N[C@H]2CCc3c(C)c(F)cc4nc5c(c2c34)Cn2c-5cc3c(c2=O)COC(=O)[C@@H]3CC)C2CC2)C1=O. The van der Waals surface area contributed by atoms with Crippen molar-refractivity contribution in [1.29, 1.82) is 0 Å². The third kappa shape index (κ3) is 12.9. The van der Waals surface area contributed by atoms with Gasteiger partial charge in [0.2, 0.25) is 47.3 Å². The zero-order valence-corrected chi connectivity index (χ0v) is 45.9. The number of nitrogens with zero attached hydrogens (tertiary/aromatic N) is 3. The van der Waals surface area contributed by atoms with Gasteiger partial charge in [-0.15, -0.1) is 0 Å². The molecule has 4 aromatic rings. The fourth-order valence-corrected chi connectivity index (χ4v) is 11.4. The van der Waals surface area contributed by atoms with E-state index >= 15 is 4.39 Å². The molecule has 6 N–H and O–H groups in total. The van der Waals surface area contributed by atoms with Gasteiger partial charge >= 0.3 is 5.97 Å². The van der Waals surface area contributed by atoms with Crippen molar-refractivity contribution in [3.63, 3.8) is 0 Å². The Hall–Kier alpha value is -7.82. The standard InChI is InChI=1S/C58H67BFN9O12/c1-5-33-35-21-43-51-36(27-69(43)55(77)37(35)28-80-57(33)79)50-40(18-17-34-30(2)39(60)23-41(66-51)49(34)50)67-54(76)52(32-15-16-32)81-29-64-46(72)25-63-53(75)42(20-31-12-8-6-9-13-31)65-47(73)26-62-45(71)24-61-44(70)14-10-7-11-19-68-48(74)22-38(56(68)78)58(3,4)59/h6,8-9,12-13,21,23,32-33,38,40,42,52H,5,7,10-11,14-20,22,24-29H2,1-4H3,(H,61,70)(H,62,71)(H,63,75)(H,64,72)(H,65,73)(H,67,76)/t33-,38?,40+,42+,52?/m1/s1. The van der Waals surface area contributed by atoms with E-state index in [2.05, 4.69) is 31.9 Å². The van der Waals surface area contributed by atoms with Crippen molar-refractivity contribution in [2.24, 2.45) is 11.8 Å². The molecule has 8 amide bonds. The lowest BCUT2D eigenvalue weighted by molar-refractivity contribution is -0.148. The summed E-state index contributed by atoms with van der Waals surface area (Å²) in [5.41, 5.74) is 5.48. The number of carbonyl (C=O) groups is 9. The molecule has 2 fully saturated rings. The van der Waals surface area contributed by atoms with Crippen LogP contribution in [0.4, 0.5) is 4.39 Å². The van der Waals surface area contributed by atoms with E-state index in [4.69, 9.17) is 22.3 Å². The molecule has 21 nitrogen and oxygen atoms in total. The lowest BCUT2D eigenvalue weighted by atomic mass is 9.63. The van der Waals surface area contributed by atoms with Crippen molar-refractivity contribution < 1.29 is 57.0 Å². The van der Waals surface area contributed by atoms with Crippen molar-refractivity contribution in [3.05, 3.63) is 97.6 Å². The topological polar surface area (TPSA) is 282 Å². The first-order chi connectivity index (χ1) is 38.7. The number of aromatic nitrogens is 2. The van der Waals surface area contributed by atoms with E-state index in [0.29, 0.717) is 90.5 Å². The maximum absolute atomic E-state index is 15.5. The highest BCUT2D eigenvalue weighted by Gasteiger charge is 2.44. The zero-order valence-electron chi connectivity index (χ0n) is 45.9. The summed E-state index contributed by atoms with van der Waals surface area (Å²) in [7, 11) is 6.07. The third-order valence-corrected chi connectivity index (χ3v) is 16.0. The summed E-state index contributed by atoms with van der Waals surface area (Å²) in [6.07, 6.45) is 3.49. The van der Waals surface area contributed by atoms with E-state index in [-0.39, 0.29) is 69.0 Å². The first-order valence-corrected chi connectivity index (χ1v) is 27.8. The number of imide groups is 1. The summed E-state index contributed by atoms with van der Waals surface area (Å²) in [6, 6.07) is 10.3. The lowest BCUT2D eigenvalue weighted by Gasteiger charge is -2.31. The number of cyclic esters (lactones) is 1. The van der Waals surface area contributed by atoms with Gasteiger partial charge in [0.15, 0.2) is 0 Å². The van der Waals surface area contributed by atoms with Gasteiger partial charge in [-0.2, -0.15) is 0 Å². The normalized spacial score (nSPS) is 18.7. The van der Waals surface area contributed by atoms with Crippen molar-refractivity contribution in [3.8, 4) is 11.4 Å². The van der Waals surface area contributed by atoms with Crippen LogP contribution in [0, 0.1) is 24.6 Å². The van der Waals surface area contributed by atoms with E-state index in [1.165, 1.54) is 11.0 Å². The molecule has 2 aromatic carbocycles. The minimum Gasteiger partial charge on any atom is -0.460 e. The smallest absolute Gasteiger partial charge is 0.313 e. The number of pyridine rings is 2. The number of ether oxygens (including phenoxy) is 2. The van der Waals surface area contributed by atoms with Crippen LogP contribution in [0.15, 0.2) is 47.3 Å². The van der Waals surface area contributed by atoms with Gasteiger partial charge in [-0.1, -0.05) is 62.8 Å². The Morgan fingerprint density at radius 3 is 2.30 bits per heavy atom. The largest absolute Gasteiger partial charge is 0.460 e. The van der Waals surface area contributed by atoms with Gasteiger partial charge < -0.3 is 45.9 Å². The number of carbonyl (C=O) groups excluding carboxylic acids is 9. The maximum Gasteiger partial charge on any atom is 0.313 e. The monoisotopic (exact) mass is 1110 g/mol. The molecule has 426 valence electrons. The number of nitrogens with one attached hydrogen (secondary N) is 6. The van der Waals surface area contributed by atoms with Crippen LogP contribution in [0.25, 0.3) is 22.3 Å². The third-order valence-electron chi connectivity index (χ3n) is 16.0. The number of benzene rings is 2. The second-order valence-corrected chi connectivity index (χ2v) is 22.3. The van der Waals surface area contributed by atoms with Gasteiger partial charge in [0.1, 0.15) is 31.3 Å². The van der Waals surface area contributed by atoms with Crippen LogP contribution < -0.4 is 37.5 Å². The maximum atomic E-state index is 15.5. The number of unbranched alkanes of at least 4 members (excludes halogenated alkanes) is 2. The number of aryl methyl sites for hydroxylation is 1. The molecule has 1 saturated carbocycles. The number of esters is 1. The second kappa shape index (κ2) is 24.5. The zero-order chi connectivity index (χ0) is 57.9. The van der Waals surface area contributed by atoms with Crippen LogP contribution in [-0.4, -0.2) is 121 Å². The van der Waals surface area contributed by atoms with Crippen molar-refractivity contribution in [1.82, 2.24) is 46.4 Å². The van der Waals surface area contributed by atoms with Crippen LogP contribution in [0.1, 0.15) is 129 Å². The molecule has 2 aromatic heterocycles. The average molecular weight is 1110 g/mol. The summed E-state index contributed by atoms with van der Waals surface area (Å²) >= 11 is 0. The fraction of sp³-hybridized carbons (Fsp3) is 0.500. The van der Waals surface area contributed by atoms with Crippen molar-refractivity contribution in [2.75, 3.05) is 32.9 Å². The first kappa shape index (κ1) is 57.9. The van der Waals surface area contributed by atoms with Crippen molar-refractivity contribution in [2.45, 2.75) is 141 Å². The van der Waals surface area contributed by atoms with Crippen LogP contribution in [0.2, 0.25) is 5.31 Å². The summed E-state index contributed by atoms with van der Waals surface area (Å²) in [6.45, 7) is 5.42. The van der Waals surface area contributed by atoms with Crippen molar-refractivity contribution >= 4 is 72.0 Å². The molecule has 0 bridgehead atoms. The first-order valence-electron chi connectivity index (χ1n) is 27.8. The molecular formula is C58H67BFN9O12. The Balaban J connectivity index is 0.751. The number of hydrogen-bond acceptors (Lipinski definition) is 13. The highest BCUT2D eigenvalue weighted by Crippen LogP contribution is 2.46. The molecule has 9 rings (SSSR count). The van der Waals surface area contributed by atoms with Crippen LogP contribution in [-0.2, 0) is 78.6 Å². The molecule has 3 aliphatic heterocycles. The highest BCUT2D eigenvalue weighted by atomic mass is 19.1. The summed E-state index contributed by atoms with van der Waals surface area (Å²) in [4.78, 5) is 137.